The first-order chi connectivity index (χ1) is 21.4. The molecule has 17 nitrogen and oxygen atoms in total. The van der Waals surface area contributed by atoms with Crippen LogP contribution in [0.3, 0.4) is 0 Å². The second-order valence-corrected chi connectivity index (χ2v) is 10.4. The number of fused-ring (bicyclic) bond motifs is 1. The van der Waals surface area contributed by atoms with Crippen LogP contribution < -0.4 is 19.6 Å². The lowest BCUT2D eigenvalue weighted by Gasteiger charge is -2.39. The largest absolute Gasteiger partial charge is 0.508 e. The summed E-state index contributed by atoms with van der Waals surface area (Å²) in [6, 6.07) is 5.83. The highest BCUT2D eigenvalue weighted by Gasteiger charge is 2.46. The Morgan fingerprint density at radius 2 is 1.31 bits per heavy atom. The predicted molar refractivity (Wildman–Crippen MR) is 147 cm³/mol. The lowest BCUT2D eigenvalue weighted by molar-refractivity contribution is -0.277. The van der Waals surface area contributed by atoms with E-state index >= 15 is 0 Å². The predicted octanol–water partition coefficient (Wildman–Crippen LogP) is -2.76. The van der Waals surface area contributed by atoms with Crippen LogP contribution in [-0.2, 0) is 9.47 Å². The molecule has 2 aliphatic rings. The third-order valence-corrected chi connectivity index (χ3v) is 7.52. The summed E-state index contributed by atoms with van der Waals surface area (Å²) in [4.78, 5) is 13.7. The highest BCUT2D eigenvalue weighted by Crippen LogP contribution is 2.40. The van der Waals surface area contributed by atoms with Gasteiger partial charge in [0.15, 0.2) is 17.3 Å². The Balaban J connectivity index is 1.58. The third kappa shape index (κ3) is 5.98. The molecule has 0 bridgehead atoms. The molecule has 0 unspecified atom stereocenters. The molecule has 3 aromatic rings. The van der Waals surface area contributed by atoms with Gasteiger partial charge in [-0.3, -0.25) is 4.79 Å². The minimum Gasteiger partial charge on any atom is -0.508 e. The highest BCUT2D eigenvalue weighted by molar-refractivity contribution is 5.88. The lowest BCUT2D eigenvalue weighted by atomic mass is 9.99. The maximum atomic E-state index is 13.7. The molecule has 0 radical (unpaired) electrons. The van der Waals surface area contributed by atoms with Gasteiger partial charge in [0.25, 0.3) is 0 Å². The standard InChI is InChI=1S/C28H32O17/c1-40-13-4-9(2-3-12(13)42-27-23(38)21(36)18(33)15(7-29)43-27)25-26(20(35)17-11(32)5-10(31)6-14(17)41-25)45-28-24(39)22(37)19(34)16(8-30)44-28/h2-6,15-16,18-19,21-24,27-34,36-39H,7-8H2,1H3/t15-,16-,18+,19+,21+,22+,23+,24+,27-,28-/m0/s1. The summed E-state index contributed by atoms with van der Waals surface area (Å²) < 4.78 is 33.4. The molecule has 3 heterocycles. The number of ether oxygens (including phenoxy) is 5. The normalized spacial score (nSPS) is 31.9. The van der Waals surface area contributed by atoms with Crippen molar-refractivity contribution in [2.24, 2.45) is 0 Å². The number of aliphatic hydroxyl groups excluding tert-OH is 8. The van der Waals surface area contributed by atoms with Gasteiger partial charge in [0.1, 0.15) is 71.3 Å². The van der Waals surface area contributed by atoms with Crippen molar-refractivity contribution in [2.45, 2.75) is 61.4 Å². The van der Waals surface area contributed by atoms with E-state index in [0.717, 1.165) is 12.1 Å². The van der Waals surface area contributed by atoms with Crippen LogP contribution >= 0.6 is 0 Å². The number of hydrogen-bond donors (Lipinski definition) is 10. The molecule has 2 aromatic carbocycles. The van der Waals surface area contributed by atoms with Crippen molar-refractivity contribution in [1.29, 1.82) is 0 Å². The van der Waals surface area contributed by atoms with E-state index in [2.05, 4.69) is 0 Å². The van der Waals surface area contributed by atoms with Gasteiger partial charge in [0.05, 0.1) is 20.3 Å². The first-order valence-corrected chi connectivity index (χ1v) is 13.6. The fourth-order valence-corrected chi connectivity index (χ4v) is 5.04. The van der Waals surface area contributed by atoms with Gasteiger partial charge < -0.3 is 79.2 Å². The number of hydrogen-bond acceptors (Lipinski definition) is 17. The van der Waals surface area contributed by atoms with Gasteiger partial charge in [0.2, 0.25) is 23.8 Å². The molecule has 2 saturated heterocycles. The van der Waals surface area contributed by atoms with Crippen molar-refractivity contribution in [3.8, 4) is 40.1 Å². The van der Waals surface area contributed by atoms with Crippen molar-refractivity contribution < 1.29 is 79.2 Å². The Morgan fingerprint density at radius 3 is 1.87 bits per heavy atom. The van der Waals surface area contributed by atoms with Crippen LogP contribution in [0.15, 0.2) is 39.5 Å². The first kappa shape index (κ1) is 32.6. The Kier molecular flexibility index (Phi) is 9.38. The van der Waals surface area contributed by atoms with Gasteiger partial charge in [-0.1, -0.05) is 0 Å². The number of phenolic OH excluding ortho intramolecular Hbond substituents is 2. The fraction of sp³-hybridized carbons (Fsp3) is 0.464. The van der Waals surface area contributed by atoms with Gasteiger partial charge in [-0.2, -0.15) is 0 Å². The van der Waals surface area contributed by atoms with Gasteiger partial charge in [-0.05, 0) is 18.2 Å². The monoisotopic (exact) mass is 640 g/mol. The molecule has 0 amide bonds. The second-order valence-electron chi connectivity index (χ2n) is 10.4. The molecule has 10 N–H and O–H groups in total. The van der Waals surface area contributed by atoms with Crippen LogP contribution in [0.2, 0.25) is 0 Å². The van der Waals surface area contributed by atoms with Crippen LogP contribution in [0.5, 0.6) is 28.7 Å². The molecule has 1 aromatic heterocycles. The second kappa shape index (κ2) is 12.9. The maximum Gasteiger partial charge on any atom is 0.239 e. The molecule has 10 atom stereocenters. The minimum atomic E-state index is -1.91. The maximum absolute atomic E-state index is 13.7. The number of aromatic hydroxyl groups is 2. The van der Waals surface area contributed by atoms with Crippen molar-refractivity contribution in [3.63, 3.8) is 0 Å². The van der Waals surface area contributed by atoms with Crippen molar-refractivity contribution >= 4 is 11.0 Å². The van der Waals surface area contributed by atoms with Crippen LogP contribution in [0, 0.1) is 0 Å². The summed E-state index contributed by atoms with van der Waals surface area (Å²) in [6.45, 7) is -1.47. The number of phenols is 2. The highest BCUT2D eigenvalue weighted by atomic mass is 16.7. The van der Waals surface area contributed by atoms with E-state index in [1.807, 2.05) is 0 Å². The van der Waals surface area contributed by atoms with Gasteiger partial charge >= 0.3 is 0 Å². The molecular weight excluding hydrogens is 608 g/mol. The number of methoxy groups -OCH3 is 1. The van der Waals surface area contributed by atoms with E-state index < -0.39 is 103 Å². The van der Waals surface area contributed by atoms with Gasteiger partial charge in [0, 0.05) is 17.7 Å². The molecule has 45 heavy (non-hydrogen) atoms. The van der Waals surface area contributed by atoms with Crippen LogP contribution in [0.4, 0.5) is 0 Å². The van der Waals surface area contributed by atoms with E-state index in [-0.39, 0.29) is 28.4 Å². The van der Waals surface area contributed by atoms with E-state index in [9.17, 15) is 55.9 Å². The van der Waals surface area contributed by atoms with Crippen molar-refractivity contribution in [3.05, 3.63) is 40.6 Å². The first-order valence-electron chi connectivity index (χ1n) is 13.6. The SMILES string of the molecule is COc1cc(-c2oc3cc(O)cc(O)c3c(=O)c2O[C@@H]2O[C@@H](CO)[C@@H](O)[C@@H](O)[C@H]2O)ccc1O[C@H]1O[C@@H](CO)[C@@H](O)[C@@H](O)[C@H]1O. The smallest absolute Gasteiger partial charge is 0.239 e. The van der Waals surface area contributed by atoms with E-state index in [4.69, 9.17) is 28.1 Å². The average Bonchev–Trinajstić information content (AvgIpc) is 3.02. The summed E-state index contributed by atoms with van der Waals surface area (Å²) in [6.07, 6.45) is -16.6. The molecule has 17 heteroatoms. The Bertz CT molecular complexity index is 1570. The Hall–Kier alpha value is -3.75. The molecule has 0 aliphatic carbocycles. The minimum absolute atomic E-state index is 0.0504. The van der Waals surface area contributed by atoms with Crippen LogP contribution in [0.1, 0.15) is 0 Å². The number of benzene rings is 2. The fourth-order valence-electron chi connectivity index (χ4n) is 5.04. The molecule has 2 fully saturated rings. The van der Waals surface area contributed by atoms with Crippen LogP contribution in [-0.4, -0.2) is 133 Å². The zero-order chi connectivity index (χ0) is 32.7. The van der Waals surface area contributed by atoms with Crippen LogP contribution in [0.25, 0.3) is 22.3 Å². The van der Waals surface area contributed by atoms with Crippen molar-refractivity contribution in [2.75, 3.05) is 20.3 Å². The third-order valence-electron chi connectivity index (χ3n) is 7.52. The number of rotatable bonds is 8. The number of aliphatic hydroxyl groups is 8. The van der Waals surface area contributed by atoms with Gasteiger partial charge in [-0.15, -0.1) is 0 Å². The lowest BCUT2D eigenvalue weighted by Crippen LogP contribution is -2.60. The topological polar surface area (TPSA) is 279 Å². The molecule has 5 rings (SSSR count). The summed E-state index contributed by atoms with van der Waals surface area (Å²) in [5.41, 5.74) is -1.23. The Morgan fingerprint density at radius 1 is 0.733 bits per heavy atom. The van der Waals surface area contributed by atoms with Gasteiger partial charge in [-0.25, -0.2) is 0 Å². The van der Waals surface area contributed by atoms with E-state index in [1.165, 1.54) is 25.3 Å². The summed E-state index contributed by atoms with van der Waals surface area (Å²) in [5, 5.41) is 100. The quantitative estimate of drug-likeness (QED) is 0.119. The van der Waals surface area contributed by atoms with E-state index in [1.54, 1.807) is 0 Å². The zero-order valence-electron chi connectivity index (χ0n) is 23.4. The molecule has 2 aliphatic heterocycles. The molecule has 246 valence electrons. The molecule has 0 spiro atoms. The molecule has 0 saturated carbocycles. The summed E-state index contributed by atoms with van der Waals surface area (Å²) in [5.74, 6) is -2.25. The van der Waals surface area contributed by atoms with Crippen molar-refractivity contribution in [1.82, 2.24) is 0 Å². The zero-order valence-corrected chi connectivity index (χ0v) is 23.4. The average molecular weight is 641 g/mol. The summed E-state index contributed by atoms with van der Waals surface area (Å²) >= 11 is 0. The van der Waals surface area contributed by atoms with E-state index in [0.29, 0.717) is 0 Å². The Labute approximate surface area is 252 Å². The summed E-state index contributed by atoms with van der Waals surface area (Å²) in [7, 11) is 1.25. The molecular formula is C28H32O17.